The third-order valence-electron chi connectivity index (χ3n) is 3.77. The molecule has 1 unspecified atom stereocenters. The molecule has 1 N–H and O–H groups in total. The van der Waals surface area contributed by atoms with Crippen molar-refractivity contribution in [1.82, 2.24) is 10.2 Å². The van der Waals surface area contributed by atoms with Gasteiger partial charge in [0, 0.05) is 30.7 Å². The molecule has 1 amide bonds. The van der Waals surface area contributed by atoms with Crippen molar-refractivity contribution < 1.29 is 9.53 Å². The summed E-state index contributed by atoms with van der Waals surface area (Å²) in [7, 11) is 1.67. The van der Waals surface area contributed by atoms with Gasteiger partial charge in [-0.15, -0.1) is 0 Å². The summed E-state index contributed by atoms with van der Waals surface area (Å²) in [5, 5.41) is 3.45. The SMILES string of the molecule is COCCN(CC1CCCN1)C(=O)Cc1cccc(Br)c1. The maximum Gasteiger partial charge on any atom is 0.227 e. The Hall–Kier alpha value is -0.910. The number of ether oxygens (including phenoxy) is 1. The first-order chi connectivity index (χ1) is 10.2. The second-order valence-corrected chi connectivity index (χ2v) is 6.35. The molecule has 116 valence electrons. The Balaban J connectivity index is 1.95. The summed E-state index contributed by atoms with van der Waals surface area (Å²) in [5.74, 6) is 0.166. The van der Waals surface area contributed by atoms with E-state index < -0.39 is 0 Å². The molecule has 1 aromatic carbocycles. The van der Waals surface area contributed by atoms with Gasteiger partial charge in [-0.2, -0.15) is 0 Å². The summed E-state index contributed by atoms with van der Waals surface area (Å²) in [6.07, 6.45) is 2.78. The van der Waals surface area contributed by atoms with Gasteiger partial charge in [-0.1, -0.05) is 28.1 Å². The third-order valence-corrected chi connectivity index (χ3v) is 4.26. The first-order valence-corrected chi connectivity index (χ1v) is 8.23. The molecule has 0 aliphatic carbocycles. The summed E-state index contributed by atoms with van der Waals surface area (Å²) in [6, 6.07) is 8.35. The van der Waals surface area contributed by atoms with Crippen LogP contribution in [0.5, 0.6) is 0 Å². The summed E-state index contributed by atoms with van der Waals surface area (Å²) in [4.78, 5) is 14.5. The van der Waals surface area contributed by atoms with Crippen molar-refractivity contribution in [2.45, 2.75) is 25.3 Å². The minimum atomic E-state index is 0.166. The molecule has 1 fully saturated rings. The van der Waals surface area contributed by atoms with E-state index in [-0.39, 0.29) is 5.91 Å². The summed E-state index contributed by atoms with van der Waals surface area (Å²) < 4.78 is 6.14. The Bertz CT molecular complexity index is 461. The quantitative estimate of drug-likeness (QED) is 0.816. The van der Waals surface area contributed by atoms with E-state index >= 15 is 0 Å². The normalized spacial score (nSPS) is 17.9. The zero-order valence-electron chi connectivity index (χ0n) is 12.5. The van der Waals surface area contributed by atoms with Crippen molar-refractivity contribution in [3.63, 3.8) is 0 Å². The monoisotopic (exact) mass is 354 g/mol. The van der Waals surface area contributed by atoms with Crippen molar-refractivity contribution in [2.75, 3.05) is 33.4 Å². The molecule has 0 spiro atoms. The number of halogens is 1. The van der Waals surface area contributed by atoms with E-state index in [1.54, 1.807) is 7.11 Å². The lowest BCUT2D eigenvalue weighted by Crippen LogP contribution is -2.43. The lowest BCUT2D eigenvalue weighted by molar-refractivity contribution is -0.131. The smallest absolute Gasteiger partial charge is 0.227 e. The number of carbonyl (C=O) groups excluding carboxylic acids is 1. The molecule has 0 aromatic heterocycles. The van der Waals surface area contributed by atoms with Crippen molar-refractivity contribution in [1.29, 1.82) is 0 Å². The average Bonchev–Trinajstić information content (AvgIpc) is 2.96. The van der Waals surface area contributed by atoms with Gasteiger partial charge in [-0.3, -0.25) is 4.79 Å². The molecule has 1 saturated heterocycles. The molecule has 4 nitrogen and oxygen atoms in total. The minimum absolute atomic E-state index is 0.166. The molecule has 1 aliphatic rings. The van der Waals surface area contributed by atoms with Gasteiger partial charge in [0.2, 0.25) is 5.91 Å². The van der Waals surface area contributed by atoms with Crippen LogP contribution >= 0.6 is 15.9 Å². The number of benzene rings is 1. The van der Waals surface area contributed by atoms with Crippen LogP contribution in [0.2, 0.25) is 0 Å². The minimum Gasteiger partial charge on any atom is -0.383 e. The van der Waals surface area contributed by atoms with Crippen LogP contribution in [0.25, 0.3) is 0 Å². The Morgan fingerprint density at radius 2 is 2.38 bits per heavy atom. The Morgan fingerprint density at radius 1 is 1.52 bits per heavy atom. The summed E-state index contributed by atoms with van der Waals surface area (Å²) in [5.41, 5.74) is 1.04. The second-order valence-electron chi connectivity index (χ2n) is 5.43. The van der Waals surface area contributed by atoms with Crippen LogP contribution in [0.4, 0.5) is 0 Å². The number of nitrogens with one attached hydrogen (secondary N) is 1. The van der Waals surface area contributed by atoms with Crippen molar-refractivity contribution >= 4 is 21.8 Å². The van der Waals surface area contributed by atoms with Crippen LogP contribution in [-0.2, 0) is 16.0 Å². The predicted octanol–water partition coefficient (Wildman–Crippen LogP) is 2.22. The molecular formula is C16H23BrN2O2. The predicted molar refractivity (Wildman–Crippen MR) is 87.3 cm³/mol. The van der Waals surface area contributed by atoms with Gasteiger partial charge in [-0.05, 0) is 37.1 Å². The number of methoxy groups -OCH3 is 1. The average molecular weight is 355 g/mol. The standard InChI is InChI=1S/C16H23BrN2O2/c1-21-9-8-19(12-15-6-3-7-18-15)16(20)11-13-4-2-5-14(17)10-13/h2,4-5,10,15,18H,3,6-9,11-12H2,1H3. The highest BCUT2D eigenvalue weighted by molar-refractivity contribution is 9.10. The van der Waals surface area contributed by atoms with Crippen LogP contribution in [-0.4, -0.2) is 50.2 Å². The maximum atomic E-state index is 12.5. The van der Waals surface area contributed by atoms with Gasteiger partial charge < -0.3 is 15.0 Å². The fraction of sp³-hybridized carbons (Fsp3) is 0.562. The number of carbonyl (C=O) groups is 1. The zero-order valence-corrected chi connectivity index (χ0v) is 14.1. The van der Waals surface area contributed by atoms with E-state index in [1.165, 1.54) is 6.42 Å². The van der Waals surface area contributed by atoms with Gasteiger partial charge in [0.15, 0.2) is 0 Å². The molecule has 0 saturated carbocycles. The summed E-state index contributed by atoms with van der Waals surface area (Å²) >= 11 is 3.45. The van der Waals surface area contributed by atoms with E-state index in [9.17, 15) is 4.79 Å². The summed E-state index contributed by atoms with van der Waals surface area (Å²) in [6.45, 7) is 3.07. The number of hydrogen-bond acceptors (Lipinski definition) is 3. The molecule has 1 heterocycles. The van der Waals surface area contributed by atoms with Gasteiger partial charge in [0.1, 0.15) is 0 Å². The van der Waals surface area contributed by atoms with Gasteiger partial charge in [0.05, 0.1) is 13.0 Å². The molecule has 0 radical (unpaired) electrons. The molecule has 1 aromatic rings. The number of hydrogen-bond donors (Lipinski definition) is 1. The lowest BCUT2D eigenvalue weighted by Gasteiger charge is -2.26. The molecule has 21 heavy (non-hydrogen) atoms. The zero-order chi connectivity index (χ0) is 15.1. The van der Waals surface area contributed by atoms with E-state index in [4.69, 9.17) is 4.74 Å². The van der Waals surface area contributed by atoms with Crippen molar-refractivity contribution in [2.24, 2.45) is 0 Å². The van der Waals surface area contributed by atoms with Crippen LogP contribution in [0, 0.1) is 0 Å². The topological polar surface area (TPSA) is 41.6 Å². The molecule has 5 heteroatoms. The van der Waals surface area contributed by atoms with E-state index in [1.807, 2.05) is 29.2 Å². The van der Waals surface area contributed by atoms with Gasteiger partial charge in [0.25, 0.3) is 0 Å². The van der Waals surface area contributed by atoms with Crippen LogP contribution in [0.15, 0.2) is 28.7 Å². The first-order valence-electron chi connectivity index (χ1n) is 7.43. The Labute approximate surface area is 135 Å². The first kappa shape index (κ1) is 16.5. The molecule has 1 aliphatic heterocycles. The largest absolute Gasteiger partial charge is 0.383 e. The van der Waals surface area contributed by atoms with Crippen LogP contribution < -0.4 is 5.32 Å². The van der Waals surface area contributed by atoms with Gasteiger partial charge in [-0.25, -0.2) is 0 Å². The maximum absolute atomic E-state index is 12.5. The van der Waals surface area contributed by atoms with Crippen molar-refractivity contribution in [3.8, 4) is 0 Å². The van der Waals surface area contributed by atoms with Crippen LogP contribution in [0.1, 0.15) is 18.4 Å². The fourth-order valence-corrected chi connectivity index (χ4v) is 3.08. The van der Waals surface area contributed by atoms with Crippen molar-refractivity contribution in [3.05, 3.63) is 34.3 Å². The second kappa shape index (κ2) is 8.51. The highest BCUT2D eigenvalue weighted by atomic mass is 79.9. The van der Waals surface area contributed by atoms with E-state index in [2.05, 4.69) is 21.2 Å². The molecule has 0 bridgehead atoms. The Kier molecular flexibility index (Phi) is 6.67. The highest BCUT2D eigenvalue weighted by Gasteiger charge is 2.21. The number of amides is 1. The highest BCUT2D eigenvalue weighted by Crippen LogP contribution is 2.14. The molecule has 1 atom stereocenters. The number of nitrogens with zero attached hydrogens (tertiary/aromatic N) is 1. The number of rotatable bonds is 7. The Morgan fingerprint density at radius 3 is 3.05 bits per heavy atom. The van der Waals surface area contributed by atoms with E-state index in [0.29, 0.717) is 25.6 Å². The van der Waals surface area contributed by atoms with E-state index in [0.717, 1.165) is 29.5 Å². The molecular weight excluding hydrogens is 332 g/mol. The van der Waals surface area contributed by atoms with Crippen LogP contribution in [0.3, 0.4) is 0 Å². The van der Waals surface area contributed by atoms with Gasteiger partial charge >= 0.3 is 0 Å². The lowest BCUT2D eigenvalue weighted by atomic mass is 10.1. The third kappa shape index (κ3) is 5.41. The molecule has 2 rings (SSSR count). The fourth-order valence-electron chi connectivity index (χ4n) is 2.63.